The fourth-order valence-corrected chi connectivity index (χ4v) is 3.12. The molecule has 24 heavy (non-hydrogen) atoms. The molecule has 0 fully saturated rings. The van der Waals surface area contributed by atoms with E-state index in [0.29, 0.717) is 15.9 Å². The van der Waals surface area contributed by atoms with E-state index in [2.05, 4.69) is 15.5 Å². The molecule has 3 aromatic rings. The summed E-state index contributed by atoms with van der Waals surface area (Å²) in [7, 11) is 0. The van der Waals surface area contributed by atoms with Crippen LogP contribution in [0.5, 0.6) is 0 Å². The summed E-state index contributed by atoms with van der Waals surface area (Å²) in [6.07, 6.45) is 0. The van der Waals surface area contributed by atoms with Crippen molar-refractivity contribution in [3.8, 4) is 0 Å². The van der Waals surface area contributed by atoms with Crippen LogP contribution >= 0.6 is 23.4 Å². The molecule has 0 saturated carbocycles. The number of nitrogens with one attached hydrogen (secondary N) is 1. The number of hydrogen-bond donors (Lipinski definition) is 2. The number of thioether (sulfide) groups is 1. The van der Waals surface area contributed by atoms with Gasteiger partial charge in [-0.2, -0.15) is 4.68 Å². The third kappa shape index (κ3) is 3.69. The average molecular weight is 360 g/mol. The molecule has 1 heterocycles. The van der Waals surface area contributed by atoms with E-state index < -0.39 is 5.56 Å². The van der Waals surface area contributed by atoms with Gasteiger partial charge in [0.05, 0.1) is 0 Å². The largest absolute Gasteiger partial charge is 0.334 e. The minimum Gasteiger partial charge on any atom is -0.334 e. The van der Waals surface area contributed by atoms with Gasteiger partial charge in [-0.1, -0.05) is 59.8 Å². The first-order valence-corrected chi connectivity index (χ1v) is 8.44. The van der Waals surface area contributed by atoms with E-state index in [-0.39, 0.29) is 5.82 Å². The molecule has 0 radical (unpaired) electrons. The van der Waals surface area contributed by atoms with E-state index >= 15 is 0 Å². The molecule has 0 aliphatic carbocycles. The minimum absolute atomic E-state index is 0.0748. The number of rotatable bonds is 5. The molecule has 0 unspecified atom stereocenters. The highest BCUT2D eigenvalue weighted by atomic mass is 35.5. The van der Waals surface area contributed by atoms with Gasteiger partial charge in [-0.15, -0.1) is 10.2 Å². The van der Waals surface area contributed by atoms with Crippen LogP contribution in [0.25, 0.3) is 0 Å². The molecule has 0 aliphatic rings. The van der Waals surface area contributed by atoms with Crippen molar-refractivity contribution in [2.75, 3.05) is 11.2 Å². The Labute approximate surface area is 147 Å². The van der Waals surface area contributed by atoms with Crippen LogP contribution in [0.4, 0.5) is 11.5 Å². The quantitative estimate of drug-likeness (QED) is 0.538. The number of benzene rings is 2. The molecule has 0 atom stereocenters. The molecule has 0 aliphatic heterocycles. The van der Waals surface area contributed by atoms with Crippen molar-refractivity contribution in [1.82, 2.24) is 14.9 Å². The summed E-state index contributed by atoms with van der Waals surface area (Å²) in [6.45, 7) is 0. The summed E-state index contributed by atoms with van der Waals surface area (Å²) in [6, 6.07) is 16.7. The number of para-hydroxylation sites is 1. The zero-order valence-electron chi connectivity index (χ0n) is 12.5. The van der Waals surface area contributed by atoms with Gasteiger partial charge in [0.25, 0.3) is 0 Å². The average Bonchev–Trinajstić information content (AvgIpc) is 2.60. The fourth-order valence-electron chi connectivity index (χ4n) is 1.98. The molecule has 0 amide bonds. The van der Waals surface area contributed by atoms with E-state index in [1.807, 2.05) is 54.6 Å². The molecule has 8 heteroatoms. The van der Waals surface area contributed by atoms with Gasteiger partial charge >= 0.3 is 5.56 Å². The Hall–Kier alpha value is -2.51. The summed E-state index contributed by atoms with van der Waals surface area (Å²) >= 11 is 7.41. The highest BCUT2D eigenvalue weighted by Crippen LogP contribution is 2.24. The van der Waals surface area contributed by atoms with Crippen LogP contribution in [-0.2, 0) is 5.75 Å². The van der Waals surface area contributed by atoms with Crippen LogP contribution in [0, 0.1) is 0 Å². The first kappa shape index (κ1) is 16.4. The highest BCUT2D eigenvalue weighted by Gasteiger charge is 2.11. The van der Waals surface area contributed by atoms with Crippen molar-refractivity contribution in [1.29, 1.82) is 0 Å². The summed E-state index contributed by atoms with van der Waals surface area (Å²) in [4.78, 5) is 12.3. The topological polar surface area (TPSA) is 85.8 Å². The van der Waals surface area contributed by atoms with Crippen molar-refractivity contribution in [3.05, 3.63) is 75.5 Å². The van der Waals surface area contributed by atoms with Crippen LogP contribution in [-0.4, -0.2) is 14.9 Å². The van der Waals surface area contributed by atoms with Crippen molar-refractivity contribution < 1.29 is 0 Å². The highest BCUT2D eigenvalue weighted by molar-refractivity contribution is 7.98. The van der Waals surface area contributed by atoms with Crippen molar-refractivity contribution in [2.45, 2.75) is 10.9 Å². The number of nitrogen functional groups attached to an aromatic ring is 1. The van der Waals surface area contributed by atoms with Crippen LogP contribution < -0.4 is 16.7 Å². The monoisotopic (exact) mass is 359 g/mol. The van der Waals surface area contributed by atoms with Gasteiger partial charge in [-0.3, -0.25) is 4.79 Å². The van der Waals surface area contributed by atoms with Gasteiger partial charge < -0.3 is 11.2 Å². The molecule has 3 rings (SSSR count). The van der Waals surface area contributed by atoms with E-state index in [1.54, 1.807) is 0 Å². The summed E-state index contributed by atoms with van der Waals surface area (Å²) < 4.78 is 0.986. The van der Waals surface area contributed by atoms with Gasteiger partial charge in [0, 0.05) is 16.5 Å². The van der Waals surface area contributed by atoms with Gasteiger partial charge in [0.2, 0.25) is 11.0 Å². The van der Waals surface area contributed by atoms with Gasteiger partial charge in [-0.05, 0) is 23.8 Å². The van der Waals surface area contributed by atoms with E-state index in [0.717, 1.165) is 15.9 Å². The van der Waals surface area contributed by atoms with Gasteiger partial charge in [0.15, 0.2) is 0 Å². The zero-order chi connectivity index (χ0) is 16.9. The van der Waals surface area contributed by atoms with Crippen LogP contribution in [0.1, 0.15) is 5.56 Å². The number of hydrogen-bond acceptors (Lipinski definition) is 6. The summed E-state index contributed by atoms with van der Waals surface area (Å²) in [5.74, 6) is 6.46. The molecule has 122 valence electrons. The standard InChI is InChI=1S/C16H14ClN5OS/c17-13-9-5-4-6-11(13)10-24-16-21-20-14(15(23)22(16)18)19-12-7-2-1-3-8-12/h1-9H,10,18H2,(H,19,20). The third-order valence-electron chi connectivity index (χ3n) is 3.21. The molecule has 0 bridgehead atoms. The second-order valence-corrected chi connectivity index (χ2v) is 6.23. The molecular weight excluding hydrogens is 346 g/mol. The molecule has 0 spiro atoms. The summed E-state index contributed by atoms with van der Waals surface area (Å²) in [5, 5.41) is 11.8. The van der Waals surface area contributed by atoms with Crippen LogP contribution in [0.3, 0.4) is 0 Å². The lowest BCUT2D eigenvalue weighted by atomic mass is 10.2. The Morgan fingerprint density at radius 1 is 1.08 bits per heavy atom. The predicted octanol–water partition coefficient (Wildman–Crippen LogP) is 3.04. The number of nitrogens with zero attached hydrogens (tertiary/aromatic N) is 3. The fraction of sp³-hybridized carbons (Fsp3) is 0.0625. The molecule has 2 aromatic carbocycles. The first-order chi connectivity index (χ1) is 11.6. The second-order valence-electron chi connectivity index (χ2n) is 4.88. The lowest BCUT2D eigenvalue weighted by molar-refractivity contribution is 0.705. The lowest BCUT2D eigenvalue weighted by Crippen LogP contribution is -2.32. The van der Waals surface area contributed by atoms with Crippen LogP contribution in [0.15, 0.2) is 64.5 Å². The van der Waals surface area contributed by atoms with Gasteiger partial charge in [-0.25, -0.2) is 0 Å². The Kier molecular flexibility index (Phi) is 5.02. The van der Waals surface area contributed by atoms with Gasteiger partial charge in [0.1, 0.15) is 0 Å². The number of nitrogens with two attached hydrogens (primary N) is 1. The van der Waals surface area contributed by atoms with Crippen LogP contribution in [0.2, 0.25) is 5.02 Å². The molecule has 0 saturated heterocycles. The number of anilines is 2. The Morgan fingerprint density at radius 2 is 1.79 bits per heavy atom. The third-order valence-corrected chi connectivity index (χ3v) is 4.57. The maximum Gasteiger partial charge on any atom is 0.315 e. The normalized spacial score (nSPS) is 10.5. The maximum absolute atomic E-state index is 12.3. The van der Waals surface area contributed by atoms with E-state index in [9.17, 15) is 4.79 Å². The maximum atomic E-state index is 12.3. The molecule has 6 nitrogen and oxygen atoms in total. The van der Waals surface area contributed by atoms with Crippen molar-refractivity contribution in [2.24, 2.45) is 0 Å². The number of aromatic nitrogens is 3. The first-order valence-electron chi connectivity index (χ1n) is 7.08. The predicted molar refractivity (Wildman–Crippen MR) is 97.2 cm³/mol. The zero-order valence-corrected chi connectivity index (χ0v) is 14.1. The Morgan fingerprint density at radius 3 is 2.54 bits per heavy atom. The lowest BCUT2D eigenvalue weighted by Gasteiger charge is -2.09. The Bertz CT molecular complexity index is 900. The van der Waals surface area contributed by atoms with E-state index in [1.165, 1.54) is 11.8 Å². The molecular formula is C16H14ClN5OS. The SMILES string of the molecule is Nn1c(SCc2ccccc2Cl)nnc(Nc2ccccc2)c1=O. The molecule has 3 N–H and O–H groups in total. The minimum atomic E-state index is -0.449. The molecule has 1 aromatic heterocycles. The van der Waals surface area contributed by atoms with Crippen molar-refractivity contribution >= 4 is 34.9 Å². The Balaban J connectivity index is 1.78. The summed E-state index contributed by atoms with van der Waals surface area (Å²) in [5.41, 5.74) is 1.22. The number of halogens is 1. The second kappa shape index (κ2) is 7.37. The smallest absolute Gasteiger partial charge is 0.315 e. The van der Waals surface area contributed by atoms with E-state index in [4.69, 9.17) is 17.4 Å². The van der Waals surface area contributed by atoms with Crippen molar-refractivity contribution in [3.63, 3.8) is 0 Å².